The molecule has 0 aliphatic heterocycles. The molecule has 0 heterocycles. The van der Waals surface area contributed by atoms with Crippen LogP contribution in [0.5, 0.6) is 0 Å². The molecular formula is C20H37BrO. The summed E-state index contributed by atoms with van der Waals surface area (Å²) in [6.45, 7) is 14.4. The van der Waals surface area contributed by atoms with Gasteiger partial charge < -0.3 is 0 Å². The molecule has 0 saturated heterocycles. The average Bonchev–Trinajstić information content (AvgIpc) is 2.47. The summed E-state index contributed by atoms with van der Waals surface area (Å²) in [5, 5.41) is 0. The van der Waals surface area contributed by atoms with Crippen LogP contribution >= 0.6 is 15.9 Å². The third-order valence-electron chi connectivity index (χ3n) is 4.96. The van der Waals surface area contributed by atoms with E-state index in [0.29, 0.717) is 5.57 Å². The zero-order valence-electron chi connectivity index (χ0n) is 15.6. The summed E-state index contributed by atoms with van der Waals surface area (Å²) in [4.78, 5) is 12.5. The van der Waals surface area contributed by atoms with Gasteiger partial charge in [-0.1, -0.05) is 102 Å². The maximum atomic E-state index is 12.5. The molecule has 0 aromatic heterocycles. The van der Waals surface area contributed by atoms with Crippen LogP contribution in [0.1, 0.15) is 98.8 Å². The summed E-state index contributed by atoms with van der Waals surface area (Å²) in [5.41, 5.74) is 0.614. The maximum absolute atomic E-state index is 12.5. The van der Waals surface area contributed by atoms with Crippen LogP contribution < -0.4 is 0 Å². The Morgan fingerprint density at radius 2 is 1.41 bits per heavy atom. The van der Waals surface area contributed by atoms with E-state index in [1.807, 2.05) is 6.92 Å². The molecule has 1 nitrogen and oxygen atoms in total. The van der Waals surface area contributed by atoms with Crippen molar-refractivity contribution >= 4 is 21.7 Å². The van der Waals surface area contributed by atoms with E-state index in [9.17, 15) is 4.79 Å². The number of ketones is 1. The number of rotatable bonds is 13. The lowest BCUT2D eigenvalue weighted by Crippen LogP contribution is -2.46. The van der Waals surface area contributed by atoms with Crippen molar-refractivity contribution in [2.75, 3.05) is 0 Å². The summed E-state index contributed by atoms with van der Waals surface area (Å²) >= 11 is 3.77. The van der Waals surface area contributed by atoms with Crippen molar-refractivity contribution in [2.45, 2.75) is 103 Å². The van der Waals surface area contributed by atoms with E-state index in [-0.39, 0.29) is 11.2 Å². The Morgan fingerprint density at radius 1 is 0.955 bits per heavy atom. The number of Topliss-reactive ketones (excluding diaryl/α,β-unsaturated/α-hetero) is 1. The molecule has 0 aliphatic rings. The van der Waals surface area contributed by atoms with Gasteiger partial charge in [-0.25, -0.2) is 0 Å². The van der Waals surface area contributed by atoms with Crippen LogP contribution in [0, 0.1) is 5.41 Å². The van der Waals surface area contributed by atoms with Gasteiger partial charge in [-0.2, -0.15) is 0 Å². The molecule has 0 rings (SSSR count). The van der Waals surface area contributed by atoms with Crippen molar-refractivity contribution in [3.8, 4) is 0 Å². The first-order chi connectivity index (χ1) is 10.2. The Balaban J connectivity index is 4.26. The van der Waals surface area contributed by atoms with Gasteiger partial charge in [0.2, 0.25) is 0 Å². The third kappa shape index (κ3) is 6.56. The number of hydrogen-bond donors (Lipinski definition) is 0. The van der Waals surface area contributed by atoms with Gasteiger partial charge in [0.1, 0.15) is 0 Å². The largest absolute Gasteiger partial charge is 0.293 e. The molecule has 0 N–H and O–H groups in total. The first kappa shape index (κ1) is 21.9. The number of hydrogen-bond acceptors (Lipinski definition) is 1. The molecule has 22 heavy (non-hydrogen) atoms. The molecule has 1 unspecified atom stereocenters. The second kappa shape index (κ2) is 10.6. The molecular weight excluding hydrogens is 336 g/mol. The molecule has 0 amide bonds. The minimum Gasteiger partial charge on any atom is -0.293 e. The van der Waals surface area contributed by atoms with E-state index >= 15 is 0 Å². The van der Waals surface area contributed by atoms with Crippen molar-refractivity contribution in [3.63, 3.8) is 0 Å². The van der Waals surface area contributed by atoms with Crippen molar-refractivity contribution in [1.29, 1.82) is 0 Å². The lowest BCUT2D eigenvalue weighted by Gasteiger charge is -2.41. The molecule has 0 aliphatic carbocycles. The highest BCUT2D eigenvalue weighted by Crippen LogP contribution is 2.46. The summed E-state index contributed by atoms with van der Waals surface area (Å²) in [7, 11) is 0. The number of unbranched alkanes of at least 4 members (excludes halogenated alkanes) is 7. The van der Waals surface area contributed by atoms with Gasteiger partial charge in [0.05, 0.1) is 4.32 Å². The molecule has 2 heteroatoms. The van der Waals surface area contributed by atoms with Gasteiger partial charge >= 0.3 is 0 Å². The maximum Gasteiger partial charge on any atom is 0.175 e. The lowest BCUT2D eigenvalue weighted by atomic mass is 9.70. The summed E-state index contributed by atoms with van der Waals surface area (Å²) in [5.74, 6) is 0.166. The Labute approximate surface area is 147 Å². The van der Waals surface area contributed by atoms with Gasteiger partial charge in [-0.15, -0.1) is 0 Å². The van der Waals surface area contributed by atoms with Crippen molar-refractivity contribution in [1.82, 2.24) is 0 Å². The topological polar surface area (TPSA) is 17.1 Å². The molecule has 0 radical (unpaired) electrons. The summed E-state index contributed by atoms with van der Waals surface area (Å²) in [6, 6.07) is 0. The van der Waals surface area contributed by atoms with Crippen molar-refractivity contribution in [3.05, 3.63) is 12.2 Å². The van der Waals surface area contributed by atoms with E-state index in [1.54, 1.807) is 0 Å². The molecule has 1 atom stereocenters. The first-order valence-electron chi connectivity index (χ1n) is 9.12. The Bertz CT molecular complexity index is 346. The third-order valence-corrected chi connectivity index (χ3v) is 6.96. The molecule has 0 aromatic rings. The van der Waals surface area contributed by atoms with E-state index in [2.05, 4.69) is 50.2 Å². The average molecular weight is 373 g/mol. The fraction of sp³-hybridized carbons (Fsp3) is 0.850. The minimum atomic E-state index is -0.465. The van der Waals surface area contributed by atoms with Gasteiger partial charge in [-0.05, 0) is 30.8 Å². The highest BCUT2D eigenvalue weighted by molar-refractivity contribution is 9.10. The predicted octanol–water partition coefficient (Wildman–Crippen LogP) is 7.23. The Kier molecular flexibility index (Phi) is 10.6. The Hall–Kier alpha value is -0.110. The van der Waals surface area contributed by atoms with Crippen LogP contribution in [0.2, 0.25) is 0 Å². The van der Waals surface area contributed by atoms with Crippen LogP contribution in [-0.2, 0) is 4.79 Å². The summed E-state index contributed by atoms with van der Waals surface area (Å²) in [6.07, 6.45) is 12.5. The summed E-state index contributed by atoms with van der Waals surface area (Å²) < 4.78 is -0.465. The normalized spacial score (nSPS) is 14.6. The van der Waals surface area contributed by atoms with Gasteiger partial charge in [-0.3, -0.25) is 4.79 Å². The number of allylic oxidation sites excluding steroid dienone is 1. The molecule has 0 bridgehead atoms. The SMILES string of the molecule is C=C(C)C(=O)C(Br)(CC)C(C)(C)CCCCCCCCCC. The standard InChI is InChI=1S/C20H37BrO/c1-7-9-10-11-12-13-14-15-16-19(5,6)20(21,8-2)18(22)17(3)4/h3,7-16H2,1-2,4-6H3. The highest BCUT2D eigenvalue weighted by atomic mass is 79.9. The molecule has 0 aromatic carbocycles. The van der Waals surface area contributed by atoms with Crippen LogP contribution in [0.25, 0.3) is 0 Å². The first-order valence-corrected chi connectivity index (χ1v) is 9.91. The molecule has 0 fully saturated rings. The highest BCUT2D eigenvalue weighted by Gasteiger charge is 2.46. The number of carbonyl (C=O) groups is 1. The zero-order valence-corrected chi connectivity index (χ0v) is 17.2. The smallest absolute Gasteiger partial charge is 0.175 e. The van der Waals surface area contributed by atoms with E-state index < -0.39 is 4.32 Å². The van der Waals surface area contributed by atoms with E-state index in [0.717, 1.165) is 12.8 Å². The van der Waals surface area contributed by atoms with E-state index in [1.165, 1.54) is 51.4 Å². The fourth-order valence-electron chi connectivity index (χ4n) is 3.18. The lowest BCUT2D eigenvalue weighted by molar-refractivity contribution is -0.120. The quantitative estimate of drug-likeness (QED) is 0.189. The second-order valence-electron chi connectivity index (χ2n) is 7.37. The molecule has 0 spiro atoms. The van der Waals surface area contributed by atoms with Gasteiger partial charge in [0, 0.05) is 0 Å². The van der Waals surface area contributed by atoms with E-state index in [4.69, 9.17) is 0 Å². The second-order valence-corrected chi connectivity index (χ2v) is 8.73. The van der Waals surface area contributed by atoms with Crippen molar-refractivity contribution in [2.24, 2.45) is 5.41 Å². The van der Waals surface area contributed by atoms with Gasteiger partial charge in [0.25, 0.3) is 0 Å². The van der Waals surface area contributed by atoms with Crippen LogP contribution in [0.3, 0.4) is 0 Å². The predicted molar refractivity (Wildman–Crippen MR) is 103 cm³/mol. The van der Waals surface area contributed by atoms with Crippen LogP contribution in [0.4, 0.5) is 0 Å². The molecule has 0 saturated carbocycles. The molecule has 130 valence electrons. The minimum absolute atomic E-state index is 0.0417. The monoisotopic (exact) mass is 372 g/mol. The van der Waals surface area contributed by atoms with Crippen molar-refractivity contribution < 1.29 is 4.79 Å². The Morgan fingerprint density at radius 3 is 1.82 bits per heavy atom. The number of carbonyl (C=O) groups excluding carboxylic acids is 1. The van der Waals surface area contributed by atoms with Crippen LogP contribution in [0.15, 0.2) is 12.2 Å². The van der Waals surface area contributed by atoms with Crippen LogP contribution in [-0.4, -0.2) is 10.1 Å². The zero-order chi connectivity index (χ0) is 17.2. The number of alkyl halides is 1. The van der Waals surface area contributed by atoms with Gasteiger partial charge in [0.15, 0.2) is 5.78 Å². The number of halogens is 1. The fourth-order valence-corrected chi connectivity index (χ4v) is 3.72.